The van der Waals surface area contributed by atoms with Crippen molar-refractivity contribution in [2.24, 2.45) is 0 Å². The molecule has 0 bridgehead atoms. The summed E-state index contributed by atoms with van der Waals surface area (Å²) in [6.45, 7) is 0. The monoisotopic (exact) mass is 264 g/mol. The number of methoxy groups -OCH3 is 1. The highest BCUT2D eigenvalue weighted by Gasteiger charge is 2.09. The van der Waals surface area contributed by atoms with E-state index >= 15 is 0 Å². The number of nitrogens with zero attached hydrogens (tertiary/aromatic N) is 2. The van der Waals surface area contributed by atoms with Crippen LogP contribution in [0.25, 0.3) is 16.2 Å². The lowest BCUT2D eigenvalue weighted by molar-refractivity contribution is 0.414. The smallest absolute Gasteiger partial charge is 0.154 e. The maximum atomic E-state index is 5.94. The quantitative estimate of drug-likeness (QED) is 0.705. The van der Waals surface area contributed by atoms with Crippen LogP contribution in [0.1, 0.15) is 0 Å². The first-order valence-electron chi connectivity index (χ1n) is 5.05. The van der Waals surface area contributed by atoms with Gasteiger partial charge in [0.25, 0.3) is 0 Å². The highest BCUT2D eigenvalue weighted by molar-refractivity contribution is 7.19. The Labute approximate surface area is 107 Å². The van der Waals surface area contributed by atoms with E-state index in [0.717, 1.165) is 26.3 Å². The Morgan fingerprint density at radius 1 is 1.35 bits per heavy atom. The fourth-order valence-electron chi connectivity index (χ4n) is 1.72. The number of imidazole rings is 1. The number of thiophene rings is 1. The normalized spacial score (nSPS) is 10.9. The molecule has 0 saturated heterocycles. The summed E-state index contributed by atoms with van der Waals surface area (Å²) >= 11 is 7.46. The molecule has 0 N–H and O–H groups in total. The Balaban J connectivity index is 2.18. The van der Waals surface area contributed by atoms with Crippen LogP contribution in [0.3, 0.4) is 0 Å². The molecule has 0 aliphatic carbocycles. The average molecular weight is 265 g/mol. The molecular formula is C12H9ClN2OS. The lowest BCUT2D eigenvalue weighted by Gasteiger charge is -2.01. The van der Waals surface area contributed by atoms with Gasteiger partial charge in [0.15, 0.2) is 5.82 Å². The summed E-state index contributed by atoms with van der Waals surface area (Å²) in [5.41, 5.74) is 1.00. The second-order valence-corrected chi connectivity index (χ2v) is 5.26. The van der Waals surface area contributed by atoms with Crippen LogP contribution >= 0.6 is 22.9 Å². The van der Waals surface area contributed by atoms with Gasteiger partial charge in [-0.25, -0.2) is 4.98 Å². The molecule has 3 heterocycles. The number of fused-ring (bicyclic) bond motifs is 1. The van der Waals surface area contributed by atoms with Crippen LogP contribution in [0.4, 0.5) is 0 Å². The third kappa shape index (κ3) is 1.79. The van der Waals surface area contributed by atoms with Gasteiger partial charge in [-0.05, 0) is 18.2 Å². The number of ether oxygens (including phenoxy) is 1. The van der Waals surface area contributed by atoms with Crippen LogP contribution in [-0.2, 0) is 0 Å². The van der Waals surface area contributed by atoms with Gasteiger partial charge in [0.2, 0.25) is 0 Å². The largest absolute Gasteiger partial charge is 0.497 e. The molecule has 0 amide bonds. The maximum absolute atomic E-state index is 5.94. The Kier molecular flexibility index (Phi) is 2.53. The zero-order chi connectivity index (χ0) is 11.8. The van der Waals surface area contributed by atoms with Crippen LogP contribution in [0.5, 0.6) is 5.75 Å². The molecule has 0 saturated carbocycles. The first-order valence-corrected chi connectivity index (χ1v) is 6.24. The van der Waals surface area contributed by atoms with Crippen LogP contribution < -0.4 is 4.74 Å². The van der Waals surface area contributed by atoms with E-state index in [9.17, 15) is 0 Å². The lowest BCUT2D eigenvalue weighted by Crippen LogP contribution is -1.88. The van der Waals surface area contributed by atoms with Gasteiger partial charge in [-0.1, -0.05) is 11.6 Å². The van der Waals surface area contributed by atoms with E-state index in [2.05, 4.69) is 4.98 Å². The third-order valence-electron chi connectivity index (χ3n) is 2.53. The minimum absolute atomic E-state index is 0.769. The number of hydrogen-bond acceptors (Lipinski definition) is 3. The maximum Gasteiger partial charge on any atom is 0.154 e. The van der Waals surface area contributed by atoms with Gasteiger partial charge >= 0.3 is 0 Å². The van der Waals surface area contributed by atoms with Crippen molar-refractivity contribution in [1.29, 1.82) is 0 Å². The number of halogens is 1. The second kappa shape index (κ2) is 4.05. The highest BCUT2D eigenvalue weighted by atomic mass is 35.5. The van der Waals surface area contributed by atoms with Crippen LogP contribution in [-0.4, -0.2) is 16.5 Å². The first kappa shape index (κ1) is 10.6. The molecule has 3 aromatic rings. The van der Waals surface area contributed by atoms with Crippen molar-refractivity contribution in [1.82, 2.24) is 9.38 Å². The van der Waals surface area contributed by atoms with Crippen molar-refractivity contribution in [3.05, 3.63) is 41.0 Å². The summed E-state index contributed by atoms with van der Waals surface area (Å²) in [6.07, 6.45) is 3.77. The average Bonchev–Trinajstić information content (AvgIpc) is 2.93. The van der Waals surface area contributed by atoms with Gasteiger partial charge in [0, 0.05) is 12.3 Å². The zero-order valence-corrected chi connectivity index (χ0v) is 10.6. The van der Waals surface area contributed by atoms with Crippen molar-refractivity contribution < 1.29 is 4.74 Å². The van der Waals surface area contributed by atoms with Crippen molar-refractivity contribution in [2.45, 2.75) is 0 Å². The molecule has 0 aliphatic heterocycles. The molecule has 0 unspecified atom stereocenters. The molecule has 3 aromatic heterocycles. The fourth-order valence-corrected chi connectivity index (χ4v) is 2.76. The third-order valence-corrected chi connectivity index (χ3v) is 3.76. The Hall–Kier alpha value is -1.52. The molecule has 0 atom stereocenters. The van der Waals surface area contributed by atoms with Gasteiger partial charge in [-0.3, -0.25) is 4.40 Å². The molecule has 86 valence electrons. The summed E-state index contributed by atoms with van der Waals surface area (Å²) in [4.78, 5) is 5.47. The number of aromatic nitrogens is 2. The fraction of sp³-hybridized carbons (Fsp3) is 0.0833. The molecular weight excluding hydrogens is 256 g/mol. The minimum Gasteiger partial charge on any atom is -0.497 e. The topological polar surface area (TPSA) is 26.5 Å². The molecule has 3 rings (SSSR count). The Bertz CT molecular complexity index is 674. The van der Waals surface area contributed by atoms with E-state index in [1.165, 1.54) is 11.3 Å². The van der Waals surface area contributed by atoms with Crippen LogP contribution in [0.2, 0.25) is 4.34 Å². The zero-order valence-electron chi connectivity index (χ0n) is 9.05. The molecule has 0 aliphatic rings. The molecule has 0 aromatic carbocycles. The van der Waals surface area contributed by atoms with Crippen LogP contribution in [0, 0.1) is 0 Å². The molecule has 5 heteroatoms. The van der Waals surface area contributed by atoms with Crippen molar-refractivity contribution in [3.8, 4) is 16.5 Å². The van der Waals surface area contributed by atoms with Gasteiger partial charge in [0.05, 0.1) is 28.0 Å². The molecule has 17 heavy (non-hydrogen) atoms. The summed E-state index contributed by atoms with van der Waals surface area (Å²) in [5.74, 6) is 1.73. The highest BCUT2D eigenvalue weighted by Crippen LogP contribution is 2.31. The first-order chi connectivity index (χ1) is 8.28. The van der Waals surface area contributed by atoms with Gasteiger partial charge < -0.3 is 4.74 Å². The lowest BCUT2D eigenvalue weighted by atomic mass is 10.4. The summed E-state index contributed by atoms with van der Waals surface area (Å²) in [6, 6.07) is 7.72. The van der Waals surface area contributed by atoms with Gasteiger partial charge in [-0.15, -0.1) is 11.3 Å². The SMILES string of the molecule is COc1ccn2c(-c3ccc(Cl)s3)ncc2c1. The Morgan fingerprint density at radius 2 is 2.24 bits per heavy atom. The predicted molar refractivity (Wildman–Crippen MR) is 70.1 cm³/mol. The minimum atomic E-state index is 0.769. The molecule has 0 fully saturated rings. The summed E-state index contributed by atoms with van der Waals surface area (Å²) in [5, 5.41) is 0. The van der Waals surface area contributed by atoms with E-state index < -0.39 is 0 Å². The predicted octanol–water partition coefficient (Wildman–Crippen LogP) is 3.72. The van der Waals surface area contributed by atoms with E-state index in [1.54, 1.807) is 7.11 Å². The molecule has 3 nitrogen and oxygen atoms in total. The Morgan fingerprint density at radius 3 is 2.94 bits per heavy atom. The standard InChI is InChI=1S/C12H9ClN2OS/c1-16-9-4-5-15-8(6-9)7-14-12(15)10-2-3-11(13)17-10/h2-7H,1H3. The van der Waals surface area contributed by atoms with Crippen molar-refractivity contribution >= 4 is 28.5 Å². The van der Waals surface area contributed by atoms with Gasteiger partial charge in [0.1, 0.15) is 5.75 Å². The summed E-state index contributed by atoms with van der Waals surface area (Å²) < 4.78 is 7.97. The second-order valence-electron chi connectivity index (χ2n) is 3.55. The van der Waals surface area contributed by atoms with Crippen molar-refractivity contribution in [3.63, 3.8) is 0 Å². The number of hydrogen-bond donors (Lipinski definition) is 0. The van der Waals surface area contributed by atoms with Crippen molar-refractivity contribution in [2.75, 3.05) is 7.11 Å². The van der Waals surface area contributed by atoms with E-state index in [0.29, 0.717) is 0 Å². The van der Waals surface area contributed by atoms with Gasteiger partial charge in [-0.2, -0.15) is 0 Å². The number of pyridine rings is 1. The number of rotatable bonds is 2. The summed E-state index contributed by atoms with van der Waals surface area (Å²) in [7, 11) is 1.65. The molecule has 0 radical (unpaired) electrons. The van der Waals surface area contributed by atoms with Crippen LogP contribution in [0.15, 0.2) is 36.7 Å². The van der Waals surface area contributed by atoms with E-state index in [4.69, 9.17) is 16.3 Å². The molecule has 0 spiro atoms. The van der Waals surface area contributed by atoms with E-state index in [-0.39, 0.29) is 0 Å². The van der Waals surface area contributed by atoms with E-state index in [1.807, 2.05) is 41.1 Å².